The van der Waals surface area contributed by atoms with Gasteiger partial charge in [-0.05, 0) is 54.1 Å². The zero-order chi connectivity index (χ0) is 19.8. The van der Waals surface area contributed by atoms with Crippen LogP contribution in [0.3, 0.4) is 0 Å². The molecule has 0 atom stereocenters. The van der Waals surface area contributed by atoms with Crippen LogP contribution in [-0.4, -0.2) is 19.2 Å². The van der Waals surface area contributed by atoms with Gasteiger partial charge in [-0.15, -0.1) is 0 Å². The monoisotopic (exact) mass is 394 g/mol. The fourth-order valence-electron chi connectivity index (χ4n) is 2.45. The standard InChI is InChI=1S/C22H19ClN2O3/c1-27-21-5-3-2-4-18(21)14-24-25-22(26)17-8-12-20(13-9-17)28-15-16-6-10-19(23)11-7-16/h2-14H,15H2,1H3,(H,25,26)/b24-14+. The summed E-state index contributed by atoms with van der Waals surface area (Å²) in [6, 6.07) is 21.7. The van der Waals surface area contributed by atoms with Crippen molar-refractivity contribution in [3.8, 4) is 11.5 Å². The number of nitrogens with one attached hydrogen (secondary N) is 1. The molecule has 0 spiro atoms. The first-order valence-electron chi connectivity index (χ1n) is 8.59. The Kier molecular flexibility index (Phi) is 6.65. The highest BCUT2D eigenvalue weighted by Crippen LogP contribution is 2.16. The van der Waals surface area contributed by atoms with Crippen molar-refractivity contribution in [3.05, 3.63) is 94.5 Å². The Morgan fingerprint density at radius 2 is 1.75 bits per heavy atom. The number of halogens is 1. The minimum atomic E-state index is -0.310. The molecule has 5 nitrogen and oxygen atoms in total. The second-order valence-corrected chi connectivity index (χ2v) is 6.32. The third kappa shape index (κ3) is 5.34. The summed E-state index contributed by atoms with van der Waals surface area (Å²) in [5.41, 5.74) is 4.77. The number of methoxy groups -OCH3 is 1. The van der Waals surface area contributed by atoms with Gasteiger partial charge >= 0.3 is 0 Å². The van der Waals surface area contributed by atoms with Crippen molar-refractivity contribution in [2.75, 3.05) is 7.11 Å². The van der Waals surface area contributed by atoms with Gasteiger partial charge in [-0.25, -0.2) is 5.43 Å². The number of hydrazone groups is 1. The van der Waals surface area contributed by atoms with Crippen molar-refractivity contribution in [2.45, 2.75) is 6.61 Å². The molecule has 6 heteroatoms. The van der Waals surface area contributed by atoms with Crippen molar-refractivity contribution in [1.29, 1.82) is 0 Å². The Labute approximate surface area is 168 Å². The SMILES string of the molecule is COc1ccccc1/C=N/NC(=O)c1ccc(OCc2ccc(Cl)cc2)cc1. The predicted molar refractivity (Wildman–Crippen MR) is 110 cm³/mol. The summed E-state index contributed by atoms with van der Waals surface area (Å²) < 4.78 is 10.9. The number of hydrogen-bond acceptors (Lipinski definition) is 4. The molecule has 142 valence electrons. The first-order chi connectivity index (χ1) is 13.7. The number of ether oxygens (including phenoxy) is 2. The summed E-state index contributed by atoms with van der Waals surface area (Å²) in [6.45, 7) is 0.423. The van der Waals surface area contributed by atoms with Gasteiger partial charge in [0.25, 0.3) is 5.91 Å². The predicted octanol–water partition coefficient (Wildman–Crippen LogP) is 4.69. The Balaban J connectivity index is 1.54. The lowest BCUT2D eigenvalue weighted by Crippen LogP contribution is -2.17. The largest absolute Gasteiger partial charge is 0.496 e. The van der Waals surface area contributed by atoms with E-state index in [-0.39, 0.29) is 5.91 Å². The highest BCUT2D eigenvalue weighted by atomic mass is 35.5. The zero-order valence-electron chi connectivity index (χ0n) is 15.3. The van der Waals surface area contributed by atoms with Gasteiger partial charge in [-0.3, -0.25) is 4.79 Å². The van der Waals surface area contributed by atoms with E-state index in [0.717, 1.165) is 11.1 Å². The van der Waals surface area contributed by atoms with Crippen molar-refractivity contribution in [3.63, 3.8) is 0 Å². The quantitative estimate of drug-likeness (QED) is 0.467. The molecule has 0 radical (unpaired) electrons. The van der Waals surface area contributed by atoms with E-state index in [9.17, 15) is 4.79 Å². The van der Waals surface area contributed by atoms with Gasteiger partial charge in [0.05, 0.1) is 13.3 Å². The maximum Gasteiger partial charge on any atom is 0.271 e. The lowest BCUT2D eigenvalue weighted by molar-refractivity contribution is 0.0955. The van der Waals surface area contributed by atoms with Crippen LogP contribution in [0.15, 0.2) is 77.9 Å². The number of rotatable bonds is 7. The minimum absolute atomic E-state index is 0.310. The van der Waals surface area contributed by atoms with Crippen molar-refractivity contribution in [1.82, 2.24) is 5.43 Å². The molecule has 3 aromatic rings. The molecule has 3 aromatic carbocycles. The number of nitrogens with zero attached hydrogens (tertiary/aromatic N) is 1. The van der Waals surface area contributed by atoms with Gasteiger partial charge in [0.1, 0.15) is 18.1 Å². The van der Waals surface area contributed by atoms with Crippen molar-refractivity contribution < 1.29 is 14.3 Å². The van der Waals surface area contributed by atoms with Crippen molar-refractivity contribution in [2.24, 2.45) is 5.10 Å². The normalized spacial score (nSPS) is 10.6. The fourth-order valence-corrected chi connectivity index (χ4v) is 2.57. The molecule has 0 aliphatic rings. The molecule has 0 bridgehead atoms. The summed E-state index contributed by atoms with van der Waals surface area (Å²) in [5, 5.41) is 4.67. The Morgan fingerprint density at radius 3 is 2.46 bits per heavy atom. The van der Waals surface area contributed by atoms with E-state index >= 15 is 0 Å². The number of amides is 1. The number of carbonyl (C=O) groups is 1. The van der Waals surface area contributed by atoms with Crippen LogP contribution in [0.25, 0.3) is 0 Å². The second kappa shape index (κ2) is 9.58. The van der Waals surface area contributed by atoms with E-state index in [0.29, 0.717) is 28.7 Å². The Bertz CT molecular complexity index is 954. The van der Waals surface area contributed by atoms with Gasteiger partial charge in [-0.1, -0.05) is 35.9 Å². The topological polar surface area (TPSA) is 59.9 Å². The Hall–Kier alpha value is -3.31. The first kappa shape index (κ1) is 19.5. The third-order valence-electron chi connectivity index (χ3n) is 3.94. The van der Waals surface area contributed by atoms with Crippen LogP contribution in [-0.2, 0) is 6.61 Å². The van der Waals surface area contributed by atoms with Crippen LogP contribution in [0.1, 0.15) is 21.5 Å². The first-order valence-corrected chi connectivity index (χ1v) is 8.97. The average molecular weight is 395 g/mol. The lowest BCUT2D eigenvalue weighted by Gasteiger charge is -2.07. The molecular weight excluding hydrogens is 376 g/mol. The number of carbonyl (C=O) groups excluding carboxylic acids is 1. The summed E-state index contributed by atoms with van der Waals surface area (Å²) in [5.74, 6) is 1.04. The zero-order valence-corrected chi connectivity index (χ0v) is 16.0. The van der Waals surface area contributed by atoms with E-state index in [4.69, 9.17) is 21.1 Å². The summed E-state index contributed by atoms with van der Waals surface area (Å²) in [7, 11) is 1.59. The van der Waals surface area contributed by atoms with E-state index in [1.165, 1.54) is 0 Å². The average Bonchev–Trinajstić information content (AvgIpc) is 2.74. The van der Waals surface area contributed by atoms with Crippen LogP contribution in [0, 0.1) is 0 Å². The van der Waals surface area contributed by atoms with Gasteiger partial charge in [0.15, 0.2) is 0 Å². The molecule has 0 aromatic heterocycles. The highest BCUT2D eigenvalue weighted by molar-refractivity contribution is 6.30. The minimum Gasteiger partial charge on any atom is -0.496 e. The van der Waals surface area contributed by atoms with Gasteiger partial charge in [0.2, 0.25) is 0 Å². The van der Waals surface area contributed by atoms with Crippen molar-refractivity contribution >= 4 is 23.7 Å². The number of benzene rings is 3. The third-order valence-corrected chi connectivity index (χ3v) is 4.20. The molecule has 0 fully saturated rings. The number of hydrogen-bond donors (Lipinski definition) is 1. The molecule has 28 heavy (non-hydrogen) atoms. The molecule has 1 N–H and O–H groups in total. The molecule has 0 saturated carbocycles. The molecular formula is C22H19ClN2O3. The summed E-state index contributed by atoms with van der Waals surface area (Å²) >= 11 is 5.87. The molecule has 0 heterocycles. The molecule has 0 aliphatic carbocycles. The summed E-state index contributed by atoms with van der Waals surface area (Å²) in [4.78, 5) is 12.2. The van der Waals surface area contributed by atoms with Gasteiger partial charge in [0, 0.05) is 16.1 Å². The maximum atomic E-state index is 12.2. The van der Waals surface area contributed by atoms with Crippen LogP contribution in [0.2, 0.25) is 5.02 Å². The summed E-state index contributed by atoms with van der Waals surface area (Å²) in [6.07, 6.45) is 1.54. The van der Waals surface area contributed by atoms with E-state index < -0.39 is 0 Å². The number of para-hydroxylation sites is 1. The van der Waals surface area contributed by atoms with Crippen LogP contribution in [0.5, 0.6) is 11.5 Å². The molecule has 1 amide bonds. The molecule has 0 unspecified atom stereocenters. The highest BCUT2D eigenvalue weighted by Gasteiger charge is 2.05. The van der Waals surface area contributed by atoms with E-state index in [1.807, 2.05) is 48.5 Å². The van der Waals surface area contributed by atoms with Gasteiger partial charge < -0.3 is 9.47 Å². The molecule has 3 rings (SSSR count). The molecule has 0 aliphatic heterocycles. The lowest BCUT2D eigenvalue weighted by atomic mass is 10.2. The second-order valence-electron chi connectivity index (χ2n) is 5.88. The van der Waals surface area contributed by atoms with Crippen LogP contribution in [0.4, 0.5) is 0 Å². The van der Waals surface area contributed by atoms with E-state index in [2.05, 4.69) is 10.5 Å². The van der Waals surface area contributed by atoms with Crippen LogP contribution >= 0.6 is 11.6 Å². The van der Waals surface area contributed by atoms with Crippen LogP contribution < -0.4 is 14.9 Å². The van der Waals surface area contributed by atoms with Gasteiger partial charge in [-0.2, -0.15) is 5.10 Å². The maximum absolute atomic E-state index is 12.2. The molecule has 0 saturated heterocycles. The fraction of sp³-hybridized carbons (Fsp3) is 0.0909. The smallest absolute Gasteiger partial charge is 0.271 e. The van der Waals surface area contributed by atoms with E-state index in [1.54, 1.807) is 37.6 Å². The Morgan fingerprint density at radius 1 is 1.04 bits per heavy atom.